The minimum atomic E-state index is -1.00. The molecule has 2 N–H and O–H groups in total. The molecule has 16 heavy (non-hydrogen) atoms. The van der Waals surface area contributed by atoms with Gasteiger partial charge in [0.2, 0.25) is 0 Å². The summed E-state index contributed by atoms with van der Waals surface area (Å²) in [5, 5.41) is 8.96. The number of ether oxygens (including phenoxy) is 1. The number of hydrogen-bond donors (Lipinski definition) is 2. The molecule has 0 unspecified atom stereocenters. The van der Waals surface area contributed by atoms with E-state index in [4.69, 9.17) is 9.84 Å². The Labute approximate surface area is 91.3 Å². The normalized spacial score (nSPS) is 10.8. The molecule has 0 aliphatic heterocycles. The molecule has 6 nitrogen and oxygen atoms in total. The lowest BCUT2D eigenvalue weighted by atomic mass is 10.2. The zero-order valence-corrected chi connectivity index (χ0v) is 8.73. The molecule has 0 saturated heterocycles. The maximum absolute atomic E-state index is 10.9. The van der Waals surface area contributed by atoms with Crippen LogP contribution in [0.3, 0.4) is 0 Å². The standard InChI is InChI=1S/C10H11N3O3/c1-2-16-5-7-12-8-6(10(14)15)3-4-11-9(8)13-7/h3-4H,2,5H2,1H3,(H,14,15)(H,11,12,13). The topological polar surface area (TPSA) is 88.1 Å². The number of nitrogens with one attached hydrogen (secondary N) is 1. The van der Waals surface area contributed by atoms with Crippen molar-refractivity contribution >= 4 is 17.1 Å². The van der Waals surface area contributed by atoms with E-state index in [-0.39, 0.29) is 5.56 Å². The third-order valence-corrected chi connectivity index (χ3v) is 2.11. The van der Waals surface area contributed by atoms with Crippen LogP contribution in [0.4, 0.5) is 0 Å². The lowest BCUT2D eigenvalue weighted by Crippen LogP contribution is -1.98. The summed E-state index contributed by atoms with van der Waals surface area (Å²) < 4.78 is 5.18. The molecule has 0 atom stereocenters. The molecule has 2 heterocycles. The average molecular weight is 221 g/mol. The highest BCUT2D eigenvalue weighted by Gasteiger charge is 2.12. The molecule has 84 valence electrons. The first-order chi connectivity index (χ1) is 7.72. The van der Waals surface area contributed by atoms with Gasteiger partial charge in [-0.3, -0.25) is 0 Å². The van der Waals surface area contributed by atoms with Gasteiger partial charge in [-0.15, -0.1) is 0 Å². The van der Waals surface area contributed by atoms with Crippen LogP contribution in [0.15, 0.2) is 12.3 Å². The summed E-state index contributed by atoms with van der Waals surface area (Å²) in [6.45, 7) is 2.78. The lowest BCUT2D eigenvalue weighted by molar-refractivity contribution is 0.0698. The van der Waals surface area contributed by atoms with E-state index in [1.54, 1.807) is 0 Å². The van der Waals surface area contributed by atoms with Crippen LogP contribution >= 0.6 is 0 Å². The van der Waals surface area contributed by atoms with Gasteiger partial charge in [-0.2, -0.15) is 0 Å². The highest BCUT2D eigenvalue weighted by atomic mass is 16.5. The Balaban J connectivity index is 2.44. The van der Waals surface area contributed by atoms with Crippen LogP contribution in [-0.2, 0) is 11.3 Å². The maximum atomic E-state index is 10.9. The predicted octanol–water partition coefficient (Wildman–Crippen LogP) is 1.19. The monoisotopic (exact) mass is 221 g/mol. The quantitative estimate of drug-likeness (QED) is 0.809. The summed E-state index contributed by atoms with van der Waals surface area (Å²) in [7, 11) is 0. The second-order valence-corrected chi connectivity index (χ2v) is 3.18. The van der Waals surface area contributed by atoms with Crippen molar-refractivity contribution in [1.29, 1.82) is 0 Å². The Bertz CT molecular complexity index is 521. The van der Waals surface area contributed by atoms with Crippen molar-refractivity contribution in [2.45, 2.75) is 13.5 Å². The predicted molar refractivity (Wildman–Crippen MR) is 56.2 cm³/mol. The smallest absolute Gasteiger partial charge is 0.338 e. The second kappa shape index (κ2) is 4.28. The Hall–Kier alpha value is -1.95. The van der Waals surface area contributed by atoms with E-state index in [1.165, 1.54) is 12.3 Å². The number of aromatic amines is 1. The first kappa shape index (κ1) is 10.6. The van der Waals surface area contributed by atoms with E-state index in [0.717, 1.165) is 0 Å². The number of nitrogens with zero attached hydrogens (tertiary/aromatic N) is 2. The molecule has 2 aromatic heterocycles. The number of carboxylic acids is 1. The number of aromatic nitrogens is 3. The van der Waals surface area contributed by atoms with Crippen LogP contribution in [-0.4, -0.2) is 32.6 Å². The lowest BCUT2D eigenvalue weighted by Gasteiger charge is -1.95. The average Bonchev–Trinajstić information content (AvgIpc) is 2.68. The first-order valence-corrected chi connectivity index (χ1v) is 4.87. The first-order valence-electron chi connectivity index (χ1n) is 4.87. The van der Waals surface area contributed by atoms with Gasteiger partial charge >= 0.3 is 5.97 Å². The molecule has 2 rings (SSSR count). The second-order valence-electron chi connectivity index (χ2n) is 3.18. The summed E-state index contributed by atoms with van der Waals surface area (Å²) >= 11 is 0. The number of carboxylic acid groups (broad SMARTS) is 1. The van der Waals surface area contributed by atoms with E-state index in [9.17, 15) is 4.79 Å². The van der Waals surface area contributed by atoms with Crippen molar-refractivity contribution in [2.75, 3.05) is 6.61 Å². The zero-order valence-electron chi connectivity index (χ0n) is 8.73. The van der Waals surface area contributed by atoms with E-state index in [1.807, 2.05) is 6.92 Å². The Morgan fingerprint density at radius 3 is 3.12 bits per heavy atom. The van der Waals surface area contributed by atoms with Gasteiger partial charge in [-0.1, -0.05) is 0 Å². The van der Waals surface area contributed by atoms with E-state index >= 15 is 0 Å². The number of aromatic carboxylic acids is 1. The van der Waals surface area contributed by atoms with Crippen LogP contribution in [0.25, 0.3) is 11.2 Å². The zero-order chi connectivity index (χ0) is 11.5. The summed E-state index contributed by atoms with van der Waals surface area (Å²) in [6, 6.07) is 1.44. The fourth-order valence-corrected chi connectivity index (χ4v) is 1.40. The number of pyridine rings is 1. The Morgan fingerprint density at radius 2 is 2.44 bits per heavy atom. The molecule has 0 radical (unpaired) electrons. The van der Waals surface area contributed by atoms with Gasteiger partial charge in [0.25, 0.3) is 0 Å². The fourth-order valence-electron chi connectivity index (χ4n) is 1.40. The Kier molecular flexibility index (Phi) is 2.82. The summed E-state index contributed by atoms with van der Waals surface area (Å²) in [5.74, 6) is -0.419. The van der Waals surface area contributed by atoms with Crippen LogP contribution in [0, 0.1) is 0 Å². The van der Waals surface area contributed by atoms with Gasteiger partial charge in [0.15, 0.2) is 5.65 Å². The molecule has 0 aliphatic rings. The fraction of sp³-hybridized carbons (Fsp3) is 0.300. The van der Waals surface area contributed by atoms with Crippen molar-refractivity contribution in [2.24, 2.45) is 0 Å². The van der Waals surface area contributed by atoms with Crippen molar-refractivity contribution < 1.29 is 14.6 Å². The molecule has 0 fully saturated rings. The van der Waals surface area contributed by atoms with Gasteiger partial charge in [-0.25, -0.2) is 14.8 Å². The van der Waals surface area contributed by atoms with Crippen LogP contribution in [0.2, 0.25) is 0 Å². The summed E-state index contributed by atoms with van der Waals surface area (Å²) in [5.41, 5.74) is 1.000. The number of H-pyrrole nitrogens is 1. The molecular formula is C10H11N3O3. The molecule has 0 saturated carbocycles. The van der Waals surface area contributed by atoms with E-state index < -0.39 is 5.97 Å². The number of fused-ring (bicyclic) bond motifs is 1. The highest BCUT2D eigenvalue weighted by Crippen LogP contribution is 2.14. The summed E-state index contributed by atoms with van der Waals surface area (Å²) in [4.78, 5) is 22.0. The third kappa shape index (κ3) is 1.87. The van der Waals surface area contributed by atoms with Crippen molar-refractivity contribution in [1.82, 2.24) is 15.0 Å². The van der Waals surface area contributed by atoms with Gasteiger partial charge in [0.1, 0.15) is 12.4 Å². The largest absolute Gasteiger partial charge is 0.478 e. The van der Waals surface area contributed by atoms with Crippen molar-refractivity contribution in [3.63, 3.8) is 0 Å². The minimum absolute atomic E-state index is 0.167. The number of carbonyl (C=O) groups is 1. The van der Waals surface area contributed by atoms with Gasteiger partial charge in [0.05, 0.1) is 11.1 Å². The van der Waals surface area contributed by atoms with Gasteiger partial charge in [0, 0.05) is 12.8 Å². The molecule has 0 aromatic carbocycles. The number of imidazole rings is 1. The highest BCUT2D eigenvalue weighted by molar-refractivity contribution is 5.99. The molecule has 0 aliphatic carbocycles. The molecule has 6 heteroatoms. The van der Waals surface area contributed by atoms with Crippen LogP contribution < -0.4 is 0 Å². The molecule has 0 spiro atoms. The minimum Gasteiger partial charge on any atom is -0.478 e. The third-order valence-electron chi connectivity index (χ3n) is 2.11. The van der Waals surface area contributed by atoms with E-state index in [2.05, 4.69) is 15.0 Å². The summed E-state index contributed by atoms with van der Waals surface area (Å²) in [6.07, 6.45) is 1.43. The maximum Gasteiger partial charge on any atom is 0.338 e. The Morgan fingerprint density at radius 1 is 1.62 bits per heavy atom. The molecule has 0 amide bonds. The van der Waals surface area contributed by atoms with Gasteiger partial charge in [-0.05, 0) is 13.0 Å². The van der Waals surface area contributed by atoms with E-state index in [0.29, 0.717) is 30.2 Å². The number of hydrogen-bond acceptors (Lipinski definition) is 4. The molecule has 0 bridgehead atoms. The van der Waals surface area contributed by atoms with Crippen LogP contribution in [0.1, 0.15) is 23.1 Å². The van der Waals surface area contributed by atoms with Crippen molar-refractivity contribution in [3.05, 3.63) is 23.7 Å². The van der Waals surface area contributed by atoms with Crippen LogP contribution in [0.5, 0.6) is 0 Å². The van der Waals surface area contributed by atoms with Crippen molar-refractivity contribution in [3.8, 4) is 0 Å². The van der Waals surface area contributed by atoms with Gasteiger partial charge < -0.3 is 14.8 Å². The molecule has 2 aromatic rings. The number of rotatable bonds is 4. The molecular weight excluding hydrogens is 210 g/mol. The SMILES string of the molecule is CCOCc1nc2nccc(C(=O)O)c2[nH]1.